The molecule has 1 aliphatic rings. The van der Waals surface area contributed by atoms with E-state index in [1.54, 1.807) is 0 Å². The van der Waals surface area contributed by atoms with Crippen LogP contribution in [-0.4, -0.2) is 14.4 Å². The Morgan fingerprint density at radius 3 is 2.93 bits per heavy atom. The molecule has 2 aromatic heterocycles. The Labute approximate surface area is 96.7 Å². The van der Waals surface area contributed by atoms with E-state index in [9.17, 15) is 0 Å². The summed E-state index contributed by atoms with van der Waals surface area (Å²) in [5, 5.41) is 0. The highest BCUT2D eigenvalue weighted by atomic mass is 79.9. The van der Waals surface area contributed by atoms with Crippen LogP contribution in [0.1, 0.15) is 37.4 Å². The lowest BCUT2D eigenvalue weighted by Crippen LogP contribution is -1.99. The van der Waals surface area contributed by atoms with E-state index in [0.29, 0.717) is 5.92 Å². The highest BCUT2D eigenvalue weighted by Gasteiger charge is 2.22. The van der Waals surface area contributed by atoms with Crippen LogP contribution >= 0.6 is 15.9 Å². The maximum absolute atomic E-state index is 4.61. The van der Waals surface area contributed by atoms with Crippen molar-refractivity contribution in [1.82, 2.24) is 14.4 Å². The number of hydrogen-bond donors (Lipinski definition) is 0. The maximum atomic E-state index is 4.61. The van der Waals surface area contributed by atoms with Gasteiger partial charge in [-0.3, -0.25) is 9.38 Å². The molecule has 2 heterocycles. The average Bonchev–Trinajstić information content (AvgIpc) is 2.87. The molecule has 0 N–H and O–H groups in total. The van der Waals surface area contributed by atoms with Gasteiger partial charge >= 0.3 is 0 Å². The minimum atomic E-state index is 0.631. The standard InChI is InChI=1S/C11H12BrN3/c12-10-9-7-13-5-6-15(9)11(14-10)8-3-1-2-4-8/h5-8H,1-4H2. The number of rotatable bonds is 1. The SMILES string of the molecule is Brc1nc(C2CCCC2)n2ccncc12. The maximum Gasteiger partial charge on any atom is 0.133 e. The van der Waals surface area contributed by atoms with Crippen LogP contribution in [0.2, 0.25) is 0 Å². The monoisotopic (exact) mass is 265 g/mol. The summed E-state index contributed by atoms with van der Waals surface area (Å²) in [7, 11) is 0. The molecule has 0 unspecified atom stereocenters. The van der Waals surface area contributed by atoms with Gasteiger partial charge in [-0.1, -0.05) is 12.8 Å². The van der Waals surface area contributed by atoms with Crippen molar-refractivity contribution >= 4 is 21.4 Å². The molecule has 2 aromatic rings. The van der Waals surface area contributed by atoms with Gasteiger partial charge in [0.05, 0.1) is 11.7 Å². The lowest BCUT2D eigenvalue weighted by Gasteiger charge is -2.06. The third-order valence-corrected chi connectivity index (χ3v) is 3.73. The molecule has 0 spiro atoms. The second-order valence-electron chi connectivity index (χ2n) is 4.07. The van der Waals surface area contributed by atoms with E-state index in [4.69, 9.17) is 0 Å². The van der Waals surface area contributed by atoms with E-state index in [1.807, 2.05) is 18.6 Å². The Morgan fingerprint density at radius 2 is 2.13 bits per heavy atom. The Hall–Kier alpha value is -0.900. The molecule has 1 saturated carbocycles. The first-order chi connectivity index (χ1) is 7.36. The molecule has 3 nitrogen and oxygen atoms in total. The van der Waals surface area contributed by atoms with Gasteiger partial charge in [0, 0.05) is 18.3 Å². The summed E-state index contributed by atoms with van der Waals surface area (Å²) in [4.78, 5) is 8.73. The first-order valence-corrected chi connectivity index (χ1v) is 6.13. The van der Waals surface area contributed by atoms with Crippen LogP contribution in [0.4, 0.5) is 0 Å². The topological polar surface area (TPSA) is 30.2 Å². The summed E-state index contributed by atoms with van der Waals surface area (Å²) in [6.45, 7) is 0. The summed E-state index contributed by atoms with van der Waals surface area (Å²) >= 11 is 3.49. The fourth-order valence-corrected chi connectivity index (χ4v) is 2.87. The second-order valence-corrected chi connectivity index (χ2v) is 4.82. The van der Waals surface area contributed by atoms with Crippen LogP contribution in [0.3, 0.4) is 0 Å². The molecule has 4 heteroatoms. The Kier molecular flexibility index (Phi) is 2.24. The van der Waals surface area contributed by atoms with Crippen LogP contribution < -0.4 is 0 Å². The average molecular weight is 266 g/mol. The second kappa shape index (κ2) is 3.59. The fourth-order valence-electron chi connectivity index (χ4n) is 2.40. The van der Waals surface area contributed by atoms with Crippen LogP contribution in [0.25, 0.3) is 5.52 Å². The number of imidazole rings is 1. The molecule has 0 saturated heterocycles. The third kappa shape index (κ3) is 1.47. The molecule has 0 amide bonds. The number of halogens is 1. The van der Waals surface area contributed by atoms with E-state index in [2.05, 4.69) is 30.3 Å². The summed E-state index contributed by atoms with van der Waals surface area (Å²) in [6.07, 6.45) is 10.9. The van der Waals surface area contributed by atoms with Crippen LogP contribution in [0, 0.1) is 0 Å². The van der Waals surface area contributed by atoms with Crippen molar-refractivity contribution in [2.45, 2.75) is 31.6 Å². The summed E-state index contributed by atoms with van der Waals surface area (Å²) in [5.41, 5.74) is 1.07. The van der Waals surface area contributed by atoms with Crippen LogP contribution in [0.15, 0.2) is 23.2 Å². The zero-order valence-corrected chi connectivity index (χ0v) is 9.94. The zero-order valence-electron chi connectivity index (χ0n) is 8.36. The molecule has 1 aliphatic carbocycles. The van der Waals surface area contributed by atoms with E-state index >= 15 is 0 Å². The molecule has 0 radical (unpaired) electrons. The van der Waals surface area contributed by atoms with Crippen molar-refractivity contribution in [3.05, 3.63) is 29.0 Å². The molecule has 15 heavy (non-hydrogen) atoms. The third-order valence-electron chi connectivity index (χ3n) is 3.15. The first-order valence-electron chi connectivity index (χ1n) is 5.34. The Morgan fingerprint density at radius 1 is 1.33 bits per heavy atom. The Bertz CT molecular complexity index is 486. The molecular formula is C11H12BrN3. The summed E-state index contributed by atoms with van der Waals surface area (Å²) in [5.74, 6) is 1.82. The highest BCUT2D eigenvalue weighted by molar-refractivity contribution is 9.10. The van der Waals surface area contributed by atoms with Gasteiger partial charge in [0.1, 0.15) is 10.4 Å². The number of aromatic nitrogens is 3. The van der Waals surface area contributed by atoms with Gasteiger partial charge in [0.2, 0.25) is 0 Å². The number of nitrogens with zero attached hydrogens (tertiary/aromatic N) is 3. The van der Waals surface area contributed by atoms with E-state index in [1.165, 1.54) is 31.5 Å². The lowest BCUT2D eigenvalue weighted by atomic mass is 10.1. The number of fused-ring (bicyclic) bond motifs is 1. The van der Waals surface area contributed by atoms with Crippen LogP contribution in [0.5, 0.6) is 0 Å². The van der Waals surface area contributed by atoms with Gasteiger partial charge in [-0.15, -0.1) is 0 Å². The summed E-state index contributed by atoms with van der Waals surface area (Å²) < 4.78 is 3.07. The molecule has 0 aromatic carbocycles. The largest absolute Gasteiger partial charge is 0.299 e. The molecule has 0 atom stereocenters. The van der Waals surface area contributed by atoms with Gasteiger partial charge in [-0.05, 0) is 28.8 Å². The van der Waals surface area contributed by atoms with Gasteiger partial charge in [-0.2, -0.15) is 0 Å². The fraction of sp³-hybridized carbons (Fsp3) is 0.455. The normalized spacial score (nSPS) is 17.7. The van der Waals surface area contributed by atoms with Gasteiger partial charge in [0.25, 0.3) is 0 Å². The van der Waals surface area contributed by atoms with Gasteiger partial charge in [-0.25, -0.2) is 4.98 Å². The number of hydrogen-bond acceptors (Lipinski definition) is 2. The minimum absolute atomic E-state index is 0.631. The summed E-state index contributed by atoms with van der Waals surface area (Å²) in [6, 6.07) is 0. The Balaban J connectivity index is 2.17. The van der Waals surface area contributed by atoms with Crippen molar-refractivity contribution in [2.75, 3.05) is 0 Å². The molecule has 0 bridgehead atoms. The molecule has 1 fully saturated rings. The molecular weight excluding hydrogens is 254 g/mol. The van der Waals surface area contributed by atoms with E-state index in [-0.39, 0.29) is 0 Å². The van der Waals surface area contributed by atoms with E-state index in [0.717, 1.165) is 10.1 Å². The predicted molar refractivity (Wildman–Crippen MR) is 61.9 cm³/mol. The van der Waals surface area contributed by atoms with Crippen molar-refractivity contribution in [1.29, 1.82) is 0 Å². The van der Waals surface area contributed by atoms with Crippen molar-refractivity contribution in [3.8, 4) is 0 Å². The van der Waals surface area contributed by atoms with Gasteiger partial charge in [0.15, 0.2) is 0 Å². The lowest BCUT2D eigenvalue weighted by molar-refractivity contribution is 0.663. The zero-order chi connectivity index (χ0) is 10.3. The molecule has 0 aliphatic heterocycles. The minimum Gasteiger partial charge on any atom is -0.299 e. The first kappa shape index (κ1) is 9.33. The van der Waals surface area contributed by atoms with Crippen molar-refractivity contribution < 1.29 is 0 Å². The van der Waals surface area contributed by atoms with E-state index < -0.39 is 0 Å². The smallest absolute Gasteiger partial charge is 0.133 e. The predicted octanol–water partition coefficient (Wildman–Crippen LogP) is 3.15. The van der Waals surface area contributed by atoms with Crippen molar-refractivity contribution in [3.63, 3.8) is 0 Å². The molecule has 78 valence electrons. The van der Waals surface area contributed by atoms with Gasteiger partial charge < -0.3 is 0 Å². The molecule has 3 rings (SSSR count). The highest BCUT2D eigenvalue weighted by Crippen LogP contribution is 2.35. The quantitative estimate of drug-likeness (QED) is 0.793. The van der Waals surface area contributed by atoms with Crippen molar-refractivity contribution in [2.24, 2.45) is 0 Å². The van der Waals surface area contributed by atoms with Crippen LogP contribution in [-0.2, 0) is 0 Å².